The van der Waals surface area contributed by atoms with Gasteiger partial charge >= 0.3 is 0 Å². The van der Waals surface area contributed by atoms with Crippen molar-refractivity contribution in [2.45, 2.75) is 19.5 Å². The molecule has 0 amide bonds. The van der Waals surface area contributed by atoms with Crippen molar-refractivity contribution in [2.75, 3.05) is 6.61 Å². The lowest BCUT2D eigenvalue weighted by Gasteiger charge is -2.13. The molecule has 0 aliphatic carbocycles. The van der Waals surface area contributed by atoms with Crippen LogP contribution in [0.5, 0.6) is 11.6 Å². The molecule has 1 unspecified atom stereocenters. The molecule has 2 aromatic rings. The number of rotatable bonds is 6. The zero-order valence-corrected chi connectivity index (χ0v) is 11.5. The Hall–Kier alpha value is -2.05. The fourth-order valence-corrected chi connectivity index (χ4v) is 1.65. The van der Waals surface area contributed by atoms with Crippen molar-refractivity contribution in [3.8, 4) is 11.6 Å². The van der Waals surface area contributed by atoms with Gasteiger partial charge in [-0.15, -0.1) is 0 Å². The van der Waals surface area contributed by atoms with Crippen LogP contribution in [0.3, 0.4) is 0 Å². The maximum Gasteiger partial charge on any atom is 0.223 e. The van der Waals surface area contributed by atoms with Gasteiger partial charge in [-0.1, -0.05) is 6.07 Å². The molecule has 0 radical (unpaired) electrons. The normalized spacial score (nSPS) is 12.2. The third-order valence-corrected chi connectivity index (χ3v) is 2.87. The minimum Gasteiger partial charge on any atom is -0.439 e. The molecule has 1 aromatic carbocycles. The Balaban J connectivity index is 2.13. The van der Waals surface area contributed by atoms with Crippen molar-refractivity contribution < 1.29 is 18.6 Å². The van der Waals surface area contributed by atoms with Gasteiger partial charge in [-0.05, 0) is 25.1 Å². The monoisotopic (exact) mass is 294 g/mol. The van der Waals surface area contributed by atoms with E-state index in [0.29, 0.717) is 12.4 Å². The lowest BCUT2D eigenvalue weighted by molar-refractivity contribution is 0.250. The second-order valence-corrected chi connectivity index (χ2v) is 4.61. The van der Waals surface area contributed by atoms with Crippen molar-refractivity contribution >= 4 is 0 Å². The molecule has 21 heavy (non-hydrogen) atoms. The topological polar surface area (TPSA) is 54.4 Å². The number of aromatic nitrogens is 1. The third-order valence-electron chi connectivity index (χ3n) is 2.87. The quantitative estimate of drug-likeness (QED) is 0.860. The largest absolute Gasteiger partial charge is 0.439 e. The van der Waals surface area contributed by atoms with Crippen molar-refractivity contribution in [1.29, 1.82) is 0 Å². The molecule has 1 atom stereocenters. The van der Waals surface area contributed by atoms with E-state index < -0.39 is 11.6 Å². The van der Waals surface area contributed by atoms with E-state index in [1.54, 1.807) is 18.3 Å². The van der Waals surface area contributed by atoms with Gasteiger partial charge in [0, 0.05) is 30.4 Å². The van der Waals surface area contributed by atoms with Crippen LogP contribution in [0, 0.1) is 11.6 Å². The van der Waals surface area contributed by atoms with Gasteiger partial charge < -0.3 is 15.2 Å². The van der Waals surface area contributed by atoms with Crippen LogP contribution in [0.25, 0.3) is 0 Å². The summed E-state index contributed by atoms with van der Waals surface area (Å²) in [7, 11) is 0. The zero-order chi connectivity index (χ0) is 15.2. The lowest BCUT2D eigenvalue weighted by atomic mass is 10.2. The van der Waals surface area contributed by atoms with E-state index in [9.17, 15) is 8.78 Å². The van der Waals surface area contributed by atoms with Crippen molar-refractivity contribution in [3.05, 3.63) is 53.7 Å². The molecule has 0 aliphatic rings. The molecule has 0 saturated heterocycles. The minimum atomic E-state index is -0.975. The summed E-state index contributed by atoms with van der Waals surface area (Å²) in [6, 6.07) is 6.79. The summed E-state index contributed by atoms with van der Waals surface area (Å²) in [5, 5.41) is 12.1. The Morgan fingerprint density at radius 3 is 2.81 bits per heavy atom. The highest BCUT2D eigenvalue weighted by Crippen LogP contribution is 2.24. The highest BCUT2D eigenvalue weighted by molar-refractivity contribution is 5.32. The van der Waals surface area contributed by atoms with Gasteiger partial charge in [0.15, 0.2) is 11.6 Å². The molecule has 0 aliphatic heterocycles. The first-order valence-electron chi connectivity index (χ1n) is 6.51. The van der Waals surface area contributed by atoms with Crippen LogP contribution in [0.1, 0.15) is 12.5 Å². The van der Waals surface area contributed by atoms with E-state index in [4.69, 9.17) is 9.84 Å². The number of ether oxygens (including phenoxy) is 1. The van der Waals surface area contributed by atoms with Crippen LogP contribution in [0.15, 0.2) is 36.5 Å². The molecular weight excluding hydrogens is 278 g/mol. The Morgan fingerprint density at radius 1 is 1.29 bits per heavy atom. The molecule has 0 saturated carbocycles. The average molecular weight is 294 g/mol. The van der Waals surface area contributed by atoms with Crippen LogP contribution >= 0.6 is 0 Å². The number of pyridine rings is 1. The van der Waals surface area contributed by atoms with Crippen LogP contribution in [0.4, 0.5) is 8.78 Å². The van der Waals surface area contributed by atoms with Crippen LogP contribution in [-0.2, 0) is 6.54 Å². The van der Waals surface area contributed by atoms with E-state index in [1.807, 2.05) is 6.92 Å². The number of aliphatic hydroxyl groups is 1. The van der Waals surface area contributed by atoms with Gasteiger partial charge in [-0.25, -0.2) is 13.8 Å². The Morgan fingerprint density at radius 2 is 2.10 bits per heavy atom. The average Bonchev–Trinajstić information content (AvgIpc) is 2.49. The van der Waals surface area contributed by atoms with Crippen LogP contribution in [0.2, 0.25) is 0 Å². The molecule has 4 nitrogen and oxygen atoms in total. The molecule has 1 heterocycles. The lowest BCUT2D eigenvalue weighted by Crippen LogP contribution is -2.28. The Kier molecular flexibility index (Phi) is 5.19. The second-order valence-electron chi connectivity index (χ2n) is 4.61. The number of benzene rings is 1. The highest BCUT2D eigenvalue weighted by atomic mass is 19.2. The highest BCUT2D eigenvalue weighted by Gasteiger charge is 2.09. The maximum atomic E-state index is 13.2. The standard InChI is InChI=1S/C15H16F2N2O2/c1-10(9-20)19-8-11-3-2-6-18-15(11)21-12-4-5-13(16)14(17)7-12/h2-7,10,19-20H,8-9H2,1H3. The summed E-state index contributed by atoms with van der Waals surface area (Å²) in [6.45, 7) is 2.29. The Bertz CT molecular complexity index is 608. The van der Waals surface area contributed by atoms with E-state index in [0.717, 1.165) is 17.7 Å². The Labute approximate surface area is 121 Å². The first-order chi connectivity index (χ1) is 10.1. The summed E-state index contributed by atoms with van der Waals surface area (Å²) >= 11 is 0. The number of hydrogen-bond donors (Lipinski definition) is 2. The number of halogens is 2. The SMILES string of the molecule is CC(CO)NCc1cccnc1Oc1ccc(F)c(F)c1. The maximum absolute atomic E-state index is 13.2. The number of nitrogens with zero attached hydrogens (tertiary/aromatic N) is 1. The third kappa shape index (κ3) is 4.21. The fraction of sp³-hybridized carbons (Fsp3) is 0.267. The number of hydrogen-bond acceptors (Lipinski definition) is 4. The fourth-order valence-electron chi connectivity index (χ4n) is 1.65. The molecule has 0 fully saturated rings. The van der Waals surface area contributed by atoms with Gasteiger partial charge in [0.2, 0.25) is 5.88 Å². The van der Waals surface area contributed by atoms with E-state index >= 15 is 0 Å². The molecule has 2 N–H and O–H groups in total. The summed E-state index contributed by atoms with van der Waals surface area (Å²) in [4.78, 5) is 4.09. The van der Waals surface area contributed by atoms with Crippen LogP contribution in [-0.4, -0.2) is 22.7 Å². The molecule has 0 spiro atoms. The summed E-state index contributed by atoms with van der Waals surface area (Å²) in [5.41, 5.74) is 0.752. The molecule has 2 rings (SSSR count). The molecule has 0 bridgehead atoms. The molecular formula is C15H16F2N2O2. The molecule has 1 aromatic heterocycles. The van der Waals surface area contributed by atoms with Crippen LogP contribution < -0.4 is 10.1 Å². The number of aliphatic hydroxyl groups excluding tert-OH is 1. The van der Waals surface area contributed by atoms with E-state index in [1.165, 1.54) is 6.07 Å². The summed E-state index contributed by atoms with van der Waals surface area (Å²) in [5.74, 6) is -1.43. The summed E-state index contributed by atoms with van der Waals surface area (Å²) < 4.78 is 31.5. The van der Waals surface area contributed by atoms with Gasteiger partial charge in [-0.3, -0.25) is 0 Å². The smallest absolute Gasteiger partial charge is 0.223 e. The van der Waals surface area contributed by atoms with Gasteiger partial charge in [-0.2, -0.15) is 0 Å². The van der Waals surface area contributed by atoms with Gasteiger partial charge in [0.1, 0.15) is 5.75 Å². The first kappa shape index (κ1) is 15.3. The number of nitrogens with one attached hydrogen (secondary N) is 1. The predicted molar refractivity (Wildman–Crippen MR) is 74.1 cm³/mol. The second kappa shape index (κ2) is 7.10. The van der Waals surface area contributed by atoms with E-state index in [-0.39, 0.29) is 18.4 Å². The zero-order valence-electron chi connectivity index (χ0n) is 11.5. The molecule has 112 valence electrons. The van der Waals surface area contributed by atoms with E-state index in [2.05, 4.69) is 10.3 Å². The predicted octanol–water partition coefficient (Wildman–Crippen LogP) is 2.62. The van der Waals surface area contributed by atoms with Crippen molar-refractivity contribution in [2.24, 2.45) is 0 Å². The van der Waals surface area contributed by atoms with Crippen molar-refractivity contribution in [3.63, 3.8) is 0 Å². The first-order valence-corrected chi connectivity index (χ1v) is 6.51. The summed E-state index contributed by atoms with van der Waals surface area (Å²) in [6.07, 6.45) is 1.55. The van der Waals surface area contributed by atoms with Crippen molar-refractivity contribution in [1.82, 2.24) is 10.3 Å². The molecule has 6 heteroatoms. The van der Waals surface area contributed by atoms with Gasteiger partial charge in [0.25, 0.3) is 0 Å². The van der Waals surface area contributed by atoms with Gasteiger partial charge in [0.05, 0.1) is 6.61 Å². The minimum absolute atomic E-state index is 0.0135.